The third-order valence-corrected chi connectivity index (χ3v) is 4.77. The third-order valence-electron chi connectivity index (χ3n) is 4.77. The van der Waals surface area contributed by atoms with Crippen LogP contribution in [0.1, 0.15) is 51.9 Å². The lowest BCUT2D eigenvalue weighted by Crippen LogP contribution is -2.31. The molecule has 5 nitrogen and oxygen atoms in total. The van der Waals surface area contributed by atoms with Crippen molar-refractivity contribution in [1.29, 1.82) is 0 Å². The Morgan fingerprint density at radius 3 is 2.31 bits per heavy atom. The molecule has 1 N–H and O–H groups in total. The molecule has 2 amide bonds. The summed E-state index contributed by atoms with van der Waals surface area (Å²) in [5, 5.41) is 2.94. The number of hydrogen-bond acceptors (Lipinski definition) is 3. The number of carbonyl (C=O) groups excluding carboxylic acids is 2. The Morgan fingerprint density at radius 2 is 1.66 bits per heavy atom. The smallest absolute Gasteiger partial charge is 0.270 e. The van der Waals surface area contributed by atoms with Gasteiger partial charge in [-0.25, -0.2) is 0 Å². The first kappa shape index (κ1) is 20.3. The topological polar surface area (TPSA) is 62.3 Å². The zero-order valence-corrected chi connectivity index (χ0v) is 16.7. The monoisotopic (exact) mass is 387 g/mol. The van der Waals surface area contributed by atoms with E-state index in [9.17, 15) is 9.59 Å². The quantitative estimate of drug-likeness (QED) is 0.660. The largest absolute Gasteiger partial charge is 0.344 e. The number of nitrogens with zero attached hydrogens (tertiary/aromatic N) is 2. The van der Waals surface area contributed by atoms with Crippen molar-refractivity contribution >= 4 is 11.8 Å². The molecule has 1 atom stereocenters. The standard InChI is InChI=1S/C24H25N3O2/c1-3-27(17-19-10-6-4-7-11-19)24(29)21-14-15-25-22(16-21)23(28)26-18(2)20-12-8-5-9-13-20/h4-16,18H,3,17H2,1-2H3,(H,26,28). The molecule has 0 saturated heterocycles. The highest BCUT2D eigenvalue weighted by Crippen LogP contribution is 2.14. The van der Waals surface area contributed by atoms with Crippen molar-refractivity contribution in [3.63, 3.8) is 0 Å². The van der Waals surface area contributed by atoms with Crippen LogP contribution in [0.15, 0.2) is 79.0 Å². The molecule has 3 rings (SSSR count). The Labute approximate surface area is 171 Å². The second-order valence-electron chi connectivity index (χ2n) is 6.84. The van der Waals surface area contributed by atoms with Gasteiger partial charge in [0.15, 0.2) is 0 Å². The molecule has 2 aromatic carbocycles. The Morgan fingerprint density at radius 1 is 1.00 bits per heavy atom. The van der Waals surface area contributed by atoms with E-state index in [0.717, 1.165) is 11.1 Å². The number of nitrogens with one attached hydrogen (secondary N) is 1. The van der Waals surface area contributed by atoms with Gasteiger partial charge in [-0.1, -0.05) is 60.7 Å². The Kier molecular flexibility index (Phi) is 6.74. The van der Waals surface area contributed by atoms with E-state index in [1.807, 2.05) is 74.5 Å². The molecule has 0 saturated carbocycles. The molecule has 0 aliphatic rings. The summed E-state index contributed by atoms with van der Waals surface area (Å²) in [6, 6.07) is 22.6. The average Bonchev–Trinajstić information content (AvgIpc) is 2.78. The maximum Gasteiger partial charge on any atom is 0.270 e. The van der Waals surface area contributed by atoms with E-state index in [1.165, 1.54) is 6.20 Å². The summed E-state index contributed by atoms with van der Waals surface area (Å²) >= 11 is 0. The van der Waals surface area contributed by atoms with Crippen molar-refractivity contribution in [1.82, 2.24) is 15.2 Å². The molecule has 0 spiro atoms. The molecule has 3 aromatic rings. The molecule has 0 radical (unpaired) electrons. The van der Waals surface area contributed by atoms with Crippen molar-refractivity contribution in [3.8, 4) is 0 Å². The number of carbonyl (C=O) groups is 2. The van der Waals surface area contributed by atoms with Crippen LogP contribution in [0.4, 0.5) is 0 Å². The molecule has 0 fully saturated rings. The van der Waals surface area contributed by atoms with Crippen LogP contribution in [0.2, 0.25) is 0 Å². The lowest BCUT2D eigenvalue weighted by atomic mass is 10.1. The average molecular weight is 387 g/mol. The fraction of sp³-hybridized carbons (Fsp3) is 0.208. The van der Waals surface area contributed by atoms with Crippen LogP contribution in [0.25, 0.3) is 0 Å². The zero-order chi connectivity index (χ0) is 20.6. The SMILES string of the molecule is CCN(Cc1ccccc1)C(=O)c1ccnc(C(=O)NC(C)c2ccccc2)c1. The van der Waals surface area contributed by atoms with E-state index in [4.69, 9.17) is 0 Å². The van der Waals surface area contributed by atoms with Gasteiger partial charge in [0, 0.05) is 24.8 Å². The number of amides is 2. The minimum Gasteiger partial charge on any atom is -0.344 e. The van der Waals surface area contributed by atoms with Crippen molar-refractivity contribution in [2.24, 2.45) is 0 Å². The summed E-state index contributed by atoms with van der Waals surface area (Å²) in [4.78, 5) is 31.5. The van der Waals surface area contributed by atoms with Gasteiger partial charge < -0.3 is 10.2 Å². The van der Waals surface area contributed by atoms with Crippen molar-refractivity contribution in [3.05, 3.63) is 101 Å². The molecule has 0 bridgehead atoms. The number of aromatic nitrogens is 1. The number of benzene rings is 2. The van der Waals surface area contributed by atoms with Gasteiger partial charge in [-0.05, 0) is 37.1 Å². The maximum atomic E-state index is 13.0. The third kappa shape index (κ3) is 5.29. The molecule has 1 heterocycles. The second kappa shape index (κ2) is 9.64. The van der Waals surface area contributed by atoms with Gasteiger partial charge in [0.2, 0.25) is 0 Å². The lowest BCUT2D eigenvalue weighted by Gasteiger charge is -2.21. The molecule has 29 heavy (non-hydrogen) atoms. The predicted octanol–water partition coefficient (Wildman–Crippen LogP) is 4.23. The van der Waals surface area contributed by atoms with Gasteiger partial charge in [0.1, 0.15) is 5.69 Å². The van der Waals surface area contributed by atoms with E-state index in [1.54, 1.807) is 17.0 Å². The lowest BCUT2D eigenvalue weighted by molar-refractivity contribution is 0.0752. The van der Waals surface area contributed by atoms with Crippen LogP contribution >= 0.6 is 0 Å². The molecule has 0 aliphatic carbocycles. The van der Waals surface area contributed by atoms with Gasteiger partial charge in [0.05, 0.1) is 6.04 Å². The van der Waals surface area contributed by atoms with Gasteiger partial charge in [0.25, 0.3) is 11.8 Å². The first-order chi connectivity index (χ1) is 14.1. The van der Waals surface area contributed by atoms with E-state index < -0.39 is 0 Å². The summed E-state index contributed by atoms with van der Waals surface area (Å²) < 4.78 is 0. The summed E-state index contributed by atoms with van der Waals surface area (Å²) in [6.07, 6.45) is 1.51. The predicted molar refractivity (Wildman–Crippen MR) is 113 cm³/mol. The summed E-state index contributed by atoms with van der Waals surface area (Å²) in [5.74, 6) is -0.425. The minimum absolute atomic E-state index is 0.121. The van der Waals surface area contributed by atoms with Crippen LogP contribution < -0.4 is 5.32 Å². The van der Waals surface area contributed by atoms with Crippen molar-refractivity contribution < 1.29 is 9.59 Å². The highest BCUT2D eigenvalue weighted by Gasteiger charge is 2.18. The van der Waals surface area contributed by atoms with Crippen LogP contribution in [0, 0.1) is 0 Å². The van der Waals surface area contributed by atoms with Gasteiger partial charge >= 0.3 is 0 Å². The maximum absolute atomic E-state index is 13.0. The normalized spacial score (nSPS) is 11.5. The minimum atomic E-state index is -0.304. The number of rotatable bonds is 7. The molecular weight excluding hydrogens is 362 g/mol. The molecular formula is C24H25N3O2. The highest BCUT2D eigenvalue weighted by atomic mass is 16.2. The molecule has 1 aromatic heterocycles. The first-order valence-electron chi connectivity index (χ1n) is 9.73. The van der Waals surface area contributed by atoms with E-state index in [0.29, 0.717) is 18.7 Å². The molecule has 148 valence electrons. The van der Waals surface area contributed by atoms with E-state index in [-0.39, 0.29) is 23.6 Å². The summed E-state index contributed by atoms with van der Waals surface area (Å²) in [5.41, 5.74) is 2.75. The highest BCUT2D eigenvalue weighted by molar-refractivity contribution is 5.98. The van der Waals surface area contributed by atoms with Gasteiger partial charge in [-0.2, -0.15) is 0 Å². The fourth-order valence-electron chi connectivity index (χ4n) is 3.10. The number of hydrogen-bond donors (Lipinski definition) is 1. The number of pyridine rings is 1. The van der Waals surface area contributed by atoms with Gasteiger partial charge in [-0.15, -0.1) is 0 Å². The van der Waals surface area contributed by atoms with Gasteiger partial charge in [-0.3, -0.25) is 14.6 Å². The van der Waals surface area contributed by atoms with Crippen LogP contribution in [-0.2, 0) is 6.54 Å². The zero-order valence-electron chi connectivity index (χ0n) is 16.7. The van der Waals surface area contributed by atoms with Crippen molar-refractivity contribution in [2.75, 3.05) is 6.54 Å². The molecule has 5 heteroatoms. The van der Waals surface area contributed by atoms with Crippen LogP contribution in [0.3, 0.4) is 0 Å². The second-order valence-corrected chi connectivity index (χ2v) is 6.84. The summed E-state index contributed by atoms with van der Waals surface area (Å²) in [6.45, 7) is 4.95. The Balaban J connectivity index is 1.72. The summed E-state index contributed by atoms with van der Waals surface area (Å²) in [7, 11) is 0. The fourth-order valence-corrected chi connectivity index (χ4v) is 3.10. The Bertz CT molecular complexity index is 958. The molecule has 0 aliphatic heterocycles. The first-order valence-corrected chi connectivity index (χ1v) is 9.73. The Hall–Kier alpha value is -3.47. The van der Waals surface area contributed by atoms with Crippen LogP contribution in [0.5, 0.6) is 0 Å². The van der Waals surface area contributed by atoms with E-state index in [2.05, 4.69) is 10.3 Å². The molecule has 1 unspecified atom stereocenters. The van der Waals surface area contributed by atoms with Crippen LogP contribution in [-0.4, -0.2) is 28.2 Å². The van der Waals surface area contributed by atoms with E-state index >= 15 is 0 Å². The van der Waals surface area contributed by atoms with Crippen molar-refractivity contribution in [2.45, 2.75) is 26.4 Å².